The topological polar surface area (TPSA) is 108 Å². The van der Waals surface area contributed by atoms with Crippen molar-refractivity contribution in [2.45, 2.75) is 32.4 Å². The molecule has 9 nitrogen and oxygen atoms in total. The largest absolute Gasteiger partial charge is 0.481 e. The molecule has 2 aromatic heterocycles. The van der Waals surface area contributed by atoms with Crippen molar-refractivity contribution in [1.82, 2.24) is 30.0 Å². The molecule has 0 saturated carbocycles. The second-order valence-electron chi connectivity index (χ2n) is 4.66. The van der Waals surface area contributed by atoms with E-state index in [0.29, 0.717) is 5.82 Å². The molecule has 1 atom stereocenters. The van der Waals surface area contributed by atoms with E-state index in [4.69, 9.17) is 9.84 Å². The number of nitrogens with zero attached hydrogens (tertiary/aromatic N) is 6. The van der Waals surface area contributed by atoms with E-state index in [1.54, 1.807) is 9.36 Å². The minimum atomic E-state index is -0.924. The van der Waals surface area contributed by atoms with Crippen LogP contribution in [0.15, 0.2) is 6.20 Å². The van der Waals surface area contributed by atoms with Gasteiger partial charge in [-0.2, -0.15) is 5.10 Å². The molecule has 114 valence electrons. The van der Waals surface area contributed by atoms with E-state index >= 15 is 0 Å². The third kappa shape index (κ3) is 3.43. The van der Waals surface area contributed by atoms with Gasteiger partial charge in [0.2, 0.25) is 0 Å². The summed E-state index contributed by atoms with van der Waals surface area (Å²) >= 11 is 0. The average molecular weight is 294 g/mol. The number of aryl methyl sites for hydroxylation is 2. The Bertz CT molecular complexity index is 620. The zero-order chi connectivity index (χ0) is 15.4. The van der Waals surface area contributed by atoms with Crippen LogP contribution in [0, 0.1) is 0 Å². The quantitative estimate of drug-likeness (QED) is 0.773. The molecular formula is C12H18N6O3. The lowest BCUT2D eigenvalue weighted by Crippen LogP contribution is -2.23. The molecule has 0 fully saturated rings. The molecule has 0 bridgehead atoms. The van der Waals surface area contributed by atoms with Crippen molar-refractivity contribution in [3.63, 3.8) is 0 Å². The Morgan fingerprint density at radius 2 is 2.29 bits per heavy atom. The predicted molar refractivity (Wildman–Crippen MR) is 72.4 cm³/mol. The van der Waals surface area contributed by atoms with E-state index in [-0.39, 0.29) is 13.0 Å². The smallest absolute Gasteiger partial charge is 0.306 e. The van der Waals surface area contributed by atoms with Gasteiger partial charge in [0.25, 0.3) is 0 Å². The molecule has 0 aromatic carbocycles. The van der Waals surface area contributed by atoms with E-state index in [0.717, 1.165) is 17.7 Å². The molecule has 0 aliphatic heterocycles. The Morgan fingerprint density at radius 1 is 1.52 bits per heavy atom. The lowest BCUT2D eigenvalue weighted by atomic mass is 10.2. The monoisotopic (exact) mass is 294 g/mol. The molecule has 2 heterocycles. The normalized spacial score (nSPS) is 12.5. The van der Waals surface area contributed by atoms with Crippen LogP contribution < -0.4 is 0 Å². The fourth-order valence-corrected chi connectivity index (χ4v) is 2.11. The minimum Gasteiger partial charge on any atom is -0.481 e. The van der Waals surface area contributed by atoms with Gasteiger partial charge in [0, 0.05) is 20.4 Å². The number of ether oxygens (including phenoxy) is 1. The van der Waals surface area contributed by atoms with Crippen molar-refractivity contribution in [1.29, 1.82) is 0 Å². The van der Waals surface area contributed by atoms with Gasteiger partial charge in [-0.3, -0.25) is 9.48 Å². The highest BCUT2D eigenvalue weighted by atomic mass is 16.5. The van der Waals surface area contributed by atoms with E-state index < -0.39 is 12.1 Å². The van der Waals surface area contributed by atoms with Crippen LogP contribution in [0.4, 0.5) is 0 Å². The highest BCUT2D eigenvalue weighted by Crippen LogP contribution is 2.20. The molecule has 1 N–H and O–H groups in total. The summed E-state index contributed by atoms with van der Waals surface area (Å²) in [4.78, 5) is 10.8. The number of carboxylic acid groups (broad SMARTS) is 1. The number of tetrazole rings is 1. The maximum Gasteiger partial charge on any atom is 0.306 e. The van der Waals surface area contributed by atoms with E-state index in [9.17, 15) is 4.79 Å². The standard InChI is InChI=1S/C12H18N6O3/c1-4-10-9(7-17(2)14-10)12-13-15-16-18(12)6-8(21-3)5-11(19)20/h7-8H,4-6H2,1-3H3,(H,19,20). The summed E-state index contributed by atoms with van der Waals surface area (Å²) in [6.45, 7) is 2.27. The van der Waals surface area contributed by atoms with Crippen LogP contribution in [0.3, 0.4) is 0 Å². The van der Waals surface area contributed by atoms with Gasteiger partial charge < -0.3 is 9.84 Å². The van der Waals surface area contributed by atoms with Crippen molar-refractivity contribution in [2.24, 2.45) is 7.05 Å². The molecule has 0 amide bonds. The summed E-state index contributed by atoms with van der Waals surface area (Å²) in [5, 5.41) is 24.8. The highest BCUT2D eigenvalue weighted by Gasteiger charge is 2.20. The average Bonchev–Trinajstić information content (AvgIpc) is 3.03. The number of aromatic nitrogens is 6. The lowest BCUT2D eigenvalue weighted by molar-refractivity contribution is -0.140. The van der Waals surface area contributed by atoms with Gasteiger partial charge in [0.15, 0.2) is 5.82 Å². The second-order valence-corrected chi connectivity index (χ2v) is 4.66. The third-order valence-corrected chi connectivity index (χ3v) is 3.13. The van der Waals surface area contributed by atoms with Crippen molar-refractivity contribution in [3.05, 3.63) is 11.9 Å². The van der Waals surface area contributed by atoms with Crippen molar-refractivity contribution < 1.29 is 14.6 Å². The number of methoxy groups -OCH3 is 1. The number of hydrogen-bond donors (Lipinski definition) is 1. The van der Waals surface area contributed by atoms with Gasteiger partial charge in [-0.05, 0) is 16.8 Å². The molecule has 0 radical (unpaired) electrons. The van der Waals surface area contributed by atoms with E-state index in [2.05, 4.69) is 20.6 Å². The van der Waals surface area contributed by atoms with Crippen LogP contribution in [0.5, 0.6) is 0 Å². The molecule has 2 rings (SSSR count). The molecule has 0 aliphatic rings. The summed E-state index contributed by atoms with van der Waals surface area (Å²) < 4.78 is 8.42. The fraction of sp³-hybridized carbons (Fsp3) is 0.583. The number of carboxylic acids is 1. The summed E-state index contributed by atoms with van der Waals surface area (Å²) in [6.07, 6.45) is 2.00. The summed E-state index contributed by atoms with van der Waals surface area (Å²) in [6, 6.07) is 0. The van der Waals surface area contributed by atoms with Gasteiger partial charge in [0.05, 0.1) is 30.3 Å². The zero-order valence-electron chi connectivity index (χ0n) is 12.2. The number of aliphatic carboxylic acids is 1. The number of rotatable bonds is 7. The molecule has 0 aliphatic carbocycles. The molecule has 0 saturated heterocycles. The first-order valence-corrected chi connectivity index (χ1v) is 6.58. The van der Waals surface area contributed by atoms with Gasteiger partial charge in [-0.1, -0.05) is 6.92 Å². The first-order chi connectivity index (χ1) is 10.0. The molecule has 0 spiro atoms. The Labute approximate surface area is 121 Å². The Balaban J connectivity index is 2.27. The van der Waals surface area contributed by atoms with Crippen LogP contribution in [-0.4, -0.2) is 54.3 Å². The van der Waals surface area contributed by atoms with Crippen LogP contribution in [-0.2, 0) is 29.5 Å². The Hall–Kier alpha value is -2.29. The fourth-order valence-electron chi connectivity index (χ4n) is 2.11. The van der Waals surface area contributed by atoms with Gasteiger partial charge in [-0.15, -0.1) is 5.10 Å². The third-order valence-electron chi connectivity index (χ3n) is 3.13. The van der Waals surface area contributed by atoms with Gasteiger partial charge >= 0.3 is 5.97 Å². The van der Waals surface area contributed by atoms with Crippen molar-refractivity contribution >= 4 is 5.97 Å². The summed E-state index contributed by atoms with van der Waals surface area (Å²) in [5.74, 6) is -0.362. The first-order valence-electron chi connectivity index (χ1n) is 6.58. The van der Waals surface area contributed by atoms with Gasteiger partial charge in [-0.25, -0.2) is 4.68 Å². The first kappa shape index (κ1) is 15.1. The molecule has 2 aromatic rings. The van der Waals surface area contributed by atoms with Crippen LogP contribution in [0.1, 0.15) is 19.0 Å². The Morgan fingerprint density at radius 3 is 2.90 bits per heavy atom. The van der Waals surface area contributed by atoms with Gasteiger partial charge in [0.1, 0.15) is 0 Å². The Kier molecular flexibility index (Phi) is 4.63. The highest BCUT2D eigenvalue weighted by molar-refractivity contribution is 5.67. The maximum absolute atomic E-state index is 10.8. The number of hydrogen-bond acceptors (Lipinski definition) is 6. The van der Waals surface area contributed by atoms with Crippen LogP contribution in [0.25, 0.3) is 11.4 Å². The van der Waals surface area contributed by atoms with Crippen LogP contribution in [0.2, 0.25) is 0 Å². The SMILES string of the molecule is CCc1nn(C)cc1-c1nnnn1CC(CC(=O)O)OC. The summed E-state index contributed by atoms with van der Waals surface area (Å²) in [5.41, 5.74) is 1.73. The number of carbonyl (C=O) groups is 1. The minimum absolute atomic E-state index is 0.108. The van der Waals surface area contributed by atoms with Crippen LogP contribution >= 0.6 is 0 Å². The van der Waals surface area contributed by atoms with Crippen molar-refractivity contribution in [3.8, 4) is 11.4 Å². The van der Waals surface area contributed by atoms with Crippen molar-refractivity contribution in [2.75, 3.05) is 7.11 Å². The zero-order valence-corrected chi connectivity index (χ0v) is 12.2. The lowest BCUT2D eigenvalue weighted by Gasteiger charge is -2.13. The maximum atomic E-state index is 10.8. The predicted octanol–water partition coefficient (Wildman–Crippen LogP) is 0.126. The summed E-state index contributed by atoms with van der Waals surface area (Å²) in [7, 11) is 3.30. The molecular weight excluding hydrogens is 276 g/mol. The molecule has 9 heteroatoms. The van der Waals surface area contributed by atoms with E-state index in [1.165, 1.54) is 7.11 Å². The van der Waals surface area contributed by atoms with E-state index in [1.807, 2.05) is 20.2 Å². The molecule has 21 heavy (non-hydrogen) atoms. The second kappa shape index (κ2) is 6.44. The molecule has 1 unspecified atom stereocenters.